The van der Waals surface area contributed by atoms with E-state index in [-0.39, 0.29) is 11.6 Å². The molecule has 3 rings (SSSR count). The number of hydrogen-bond donors (Lipinski definition) is 2. The average Bonchev–Trinajstić information content (AvgIpc) is 2.85. The number of aryl methyl sites for hydroxylation is 1. The van der Waals surface area contributed by atoms with Crippen molar-refractivity contribution in [2.75, 3.05) is 46.9 Å². The van der Waals surface area contributed by atoms with Crippen molar-refractivity contribution < 1.29 is 9.47 Å². The molecule has 0 spiro atoms. The molecule has 0 radical (unpaired) electrons. The fourth-order valence-corrected chi connectivity index (χ4v) is 4.53. The van der Waals surface area contributed by atoms with Crippen LogP contribution in [0.2, 0.25) is 0 Å². The number of ether oxygens (including phenoxy) is 2. The van der Waals surface area contributed by atoms with E-state index in [0.717, 1.165) is 77.7 Å². The van der Waals surface area contributed by atoms with Crippen LogP contribution in [0, 0.1) is 13.8 Å². The Morgan fingerprint density at radius 2 is 1.61 bits per heavy atom. The molecule has 2 aromatic rings. The number of nitrogens with zero attached hydrogens (tertiary/aromatic N) is 4. The predicted octanol–water partition coefficient (Wildman–Crippen LogP) is 2.19. The first-order valence-electron chi connectivity index (χ1n) is 12.4. The molecule has 1 fully saturated rings. The number of benzene rings is 1. The SMILES string of the molecule is COc1cc(-c2cn(C)c(=O)c(C)c2C)cc(OC)c1CN1CCN(C/C(N)=C/N(N)C(C)C)CC1. The zero-order valence-corrected chi connectivity index (χ0v) is 22.8. The Labute approximate surface area is 214 Å². The van der Waals surface area contributed by atoms with E-state index in [2.05, 4.69) is 9.80 Å². The van der Waals surface area contributed by atoms with Crippen LogP contribution in [0.1, 0.15) is 30.5 Å². The fourth-order valence-electron chi connectivity index (χ4n) is 4.53. The van der Waals surface area contributed by atoms with E-state index in [1.165, 1.54) is 0 Å². The minimum absolute atomic E-state index is 0.0171. The molecule has 0 atom stereocenters. The highest BCUT2D eigenvalue weighted by Crippen LogP contribution is 2.37. The Kier molecular flexibility index (Phi) is 9.05. The number of aromatic nitrogens is 1. The van der Waals surface area contributed by atoms with Gasteiger partial charge < -0.3 is 24.8 Å². The molecular weight excluding hydrogens is 456 g/mol. The maximum absolute atomic E-state index is 12.3. The van der Waals surface area contributed by atoms with Crippen molar-refractivity contribution in [3.8, 4) is 22.6 Å². The van der Waals surface area contributed by atoms with E-state index in [9.17, 15) is 4.79 Å². The van der Waals surface area contributed by atoms with Crippen LogP contribution in [0.5, 0.6) is 11.5 Å². The van der Waals surface area contributed by atoms with Gasteiger partial charge in [0.25, 0.3) is 5.56 Å². The van der Waals surface area contributed by atoms with E-state index >= 15 is 0 Å². The van der Waals surface area contributed by atoms with Crippen molar-refractivity contribution in [3.05, 3.63) is 57.3 Å². The molecule has 1 aromatic carbocycles. The molecule has 9 nitrogen and oxygen atoms in total. The van der Waals surface area contributed by atoms with Gasteiger partial charge in [-0.1, -0.05) is 0 Å². The Hall–Kier alpha value is -3.01. The number of piperazine rings is 1. The number of rotatable bonds is 9. The lowest BCUT2D eigenvalue weighted by molar-refractivity contribution is 0.132. The second kappa shape index (κ2) is 11.8. The zero-order valence-electron chi connectivity index (χ0n) is 22.8. The summed E-state index contributed by atoms with van der Waals surface area (Å²) in [4.78, 5) is 17.1. The van der Waals surface area contributed by atoms with Crippen LogP contribution in [-0.2, 0) is 13.6 Å². The summed E-state index contributed by atoms with van der Waals surface area (Å²) < 4.78 is 13.3. The maximum atomic E-state index is 12.3. The molecule has 1 aliphatic rings. The van der Waals surface area contributed by atoms with Gasteiger partial charge in [-0.25, -0.2) is 5.84 Å². The smallest absolute Gasteiger partial charge is 0.253 e. The largest absolute Gasteiger partial charge is 0.496 e. The minimum Gasteiger partial charge on any atom is -0.496 e. The summed E-state index contributed by atoms with van der Waals surface area (Å²) in [5.41, 5.74) is 11.7. The third-order valence-corrected chi connectivity index (χ3v) is 7.01. The molecule has 0 saturated carbocycles. The van der Waals surface area contributed by atoms with Crippen molar-refractivity contribution in [3.63, 3.8) is 0 Å². The summed E-state index contributed by atoms with van der Waals surface area (Å²) in [5, 5.41) is 1.64. The third kappa shape index (κ3) is 6.21. The highest BCUT2D eigenvalue weighted by molar-refractivity contribution is 5.72. The lowest BCUT2D eigenvalue weighted by atomic mass is 9.97. The predicted molar refractivity (Wildman–Crippen MR) is 145 cm³/mol. The number of hydrogen-bond acceptors (Lipinski definition) is 8. The van der Waals surface area contributed by atoms with Crippen LogP contribution in [-0.4, -0.2) is 72.4 Å². The molecule has 1 aromatic heterocycles. The molecule has 2 heterocycles. The van der Waals surface area contributed by atoms with Gasteiger partial charge in [0.2, 0.25) is 0 Å². The van der Waals surface area contributed by atoms with Crippen LogP contribution in [0.3, 0.4) is 0 Å². The summed E-state index contributed by atoms with van der Waals surface area (Å²) in [5.74, 6) is 7.53. The van der Waals surface area contributed by atoms with Crippen molar-refractivity contribution >= 4 is 0 Å². The Balaban J connectivity index is 1.76. The van der Waals surface area contributed by atoms with Crippen LogP contribution >= 0.6 is 0 Å². The lowest BCUT2D eigenvalue weighted by Gasteiger charge is -2.35. The van der Waals surface area contributed by atoms with Crippen molar-refractivity contribution in [2.24, 2.45) is 18.6 Å². The van der Waals surface area contributed by atoms with Crippen molar-refractivity contribution in [1.82, 2.24) is 19.4 Å². The van der Waals surface area contributed by atoms with Gasteiger partial charge in [-0.2, -0.15) is 0 Å². The molecule has 0 aliphatic carbocycles. The Bertz CT molecular complexity index is 1120. The minimum atomic E-state index is 0.0171. The van der Waals surface area contributed by atoms with E-state index < -0.39 is 0 Å². The second-order valence-electron chi connectivity index (χ2n) is 9.87. The standard InChI is InChI=1S/C27H42N6O3/c1-18(2)33(29)15-22(28)14-31-8-10-32(11-9-31)17-24-25(35-6)12-21(13-26(24)36-7)23-16-30(5)27(34)20(4)19(23)3/h12-13,15-16,18H,8-11,14,17,28-29H2,1-7H3/b22-15-. The summed E-state index contributed by atoms with van der Waals surface area (Å²) >= 11 is 0. The van der Waals surface area contributed by atoms with Crippen LogP contribution in [0.15, 0.2) is 35.0 Å². The van der Waals surface area contributed by atoms with Crippen LogP contribution < -0.4 is 26.6 Å². The molecule has 1 saturated heterocycles. The van der Waals surface area contributed by atoms with Gasteiger partial charge in [-0.3, -0.25) is 14.6 Å². The number of nitrogens with two attached hydrogens (primary N) is 2. The summed E-state index contributed by atoms with van der Waals surface area (Å²) in [6, 6.07) is 4.29. The molecule has 9 heteroatoms. The summed E-state index contributed by atoms with van der Waals surface area (Å²) in [6.45, 7) is 13.0. The third-order valence-electron chi connectivity index (χ3n) is 7.01. The molecule has 0 amide bonds. The van der Waals surface area contributed by atoms with Gasteiger partial charge in [0.05, 0.1) is 19.8 Å². The highest BCUT2D eigenvalue weighted by atomic mass is 16.5. The Morgan fingerprint density at radius 3 is 2.14 bits per heavy atom. The Morgan fingerprint density at radius 1 is 1.06 bits per heavy atom. The summed E-state index contributed by atoms with van der Waals surface area (Å²) in [6.07, 6.45) is 3.70. The van der Waals surface area contributed by atoms with E-state index in [0.29, 0.717) is 6.54 Å². The van der Waals surface area contributed by atoms with Gasteiger partial charge in [-0.05, 0) is 51.0 Å². The molecule has 198 valence electrons. The van der Waals surface area contributed by atoms with Gasteiger partial charge in [-0.15, -0.1) is 0 Å². The normalized spacial score (nSPS) is 15.4. The van der Waals surface area contributed by atoms with Crippen LogP contribution in [0.25, 0.3) is 11.1 Å². The summed E-state index contributed by atoms with van der Waals surface area (Å²) in [7, 11) is 5.15. The molecule has 0 bridgehead atoms. The highest BCUT2D eigenvalue weighted by Gasteiger charge is 2.22. The zero-order chi connectivity index (χ0) is 26.6. The van der Waals surface area contributed by atoms with Gasteiger partial charge in [0.15, 0.2) is 0 Å². The van der Waals surface area contributed by atoms with Crippen LogP contribution in [0.4, 0.5) is 0 Å². The first kappa shape index (κ1) is 27.6. The maximum Gasteiger partial charge on any atom is 0.253 e. The number of pyridine rings is 1. The molecular formula is C27H42N6O3. The monoisotopic (exact) mass is 498 g/mol. The van der Waals surface area contributed by atoms with Gasteiger partial charge >= 0.3 is 0 Å². The molecule has 4 N–H and O–H groups in total. The fraction of sp³-hybridized carbons (Fsp3) is 0.519. The van der Waals surface area contributed by atoms with E-state index in [1.807, 2.05) is 52.2 Å². The quantitative estimate of drug-likeness (QED) is 0.401. The molecule has 1 aliphatic heterocycles. The number of hydrazine groups is 1. The van der Waals surface area contributed by atoms with Crippen molar-refractivity contribution in [2.45, 2.75) is 40.3 Å². The topological polar surface area (TPSA) is 102 Å². The second-order valence-corrected chi connectivity index (χ2v) is 9.87. The average molecular weight is 499 g/mol. The molecule has 0 unspecified atom stereocenters. The lowest BCUT2D eigenvalue weighted by Crippen LogP contribution is -2.47. The first-order valence-corrected chi connectivity index (χ1v) is 12.4. The number of methoxy groups -OCH3 is 2. The van der Waals surface area contributed by atoms with Gasteiger partial charge in [0, 0.05) is 81.6 Å². The van der Waals surface area contributed by atoms with Crippen molar-refractivity contribution in [1.29, 1.82) is 0 Å². The first-order chi connectivity index (χ1) is 17.0. The molecule has 36 heavy (non-hydrogen) atoms. The van der Waals surface area contributed by atoms with E-state index in [1.54, 1.807) is 30.8 Å². The van der Waals surface area contributed by atoms with E-state index in [4.69, 9.17) is 21.1 Å². The van der Waals surface area contributed by atoms with Gasteiger partial charge in [0.1, 0.15) is 11.5 Å².